The second kappa shape index (κ2) is 4.92. The van der Waals surface area contributed by atoms with E-state index in [9.17, 15) is 0 Å². The van der Waals surface area contributed by atoms with E-state index in [1.54, 1.807) is 6.33 Å². The topological polar surface area (TPSA) is 78.9 Å². The fraction of sp³-hybridized carbons (Fsp3) is 0.364. The van der Waals surface area contributed by atoms with E-state index in [2.05, 4.69) is 15.2 Å². The molecule has 6 heteroatoms. The average Bonchev–Trinajstić information content (AvgIpc) is 2.73. The molecule has 0 saturated carbocycles. The van der Waals surface area contributed by atoms with Gasteiger partial charge in [-0.25, -0.2) is 0 Å². The molecular formula is C11H15N5O. The van der Waals surface area contributed by atoms with Crippen molar-refractivity contribution in [3.63, 3.8) is 0 Å². The standard InChI is InChI=1S/C11H15N5O/c1-8-3-4-10(9(5-12)14-8)17-6-11-15-13-7-16(11)2/h3-4,7H,5-6,12H2,1-2H3. The molecule has 0 radical (unpaired) electrons. The first-order valence-electron chi connectivity index (χ1n) is 5.33. The quantitative estimate of drug-likeness (QED) is 0.834. The van der Waals surface area contributed by atoms with Gasteiger partial charge in [-0.1, -0.05) is 0 Å². The van der Waals surface area contributed by atoms with E-state index < -0.39 is 0 Å². The van der Waals surface area contributed by atoms with Gasteiger partial charge < -0.3 is 15.0 Å². The van der Waals surface area contributed by atoms with Gasteiger partial charge in [0, 0.05) is 19.3 Å². The molecule has 2 rings (SSSR count). The highest BCUT2D eigenvalue weighted by Gasteiger charge is 2.06. The van der Waals surface area contributed by atoms with Gasteiger partial charge in [-0.2, -0.15) is 0 Å². The summed E-state index contributed by atoms with van der Waals surface area (Å²) in [6.45, 7) is 2.63. The summed E-state index contributed by atoms with van der Waals surface area (Å²) < 4.78 is 7.45. The maximum absolute atomic E-state index is 5.64. The van der Waals surface area contributed by atoms with Crippen molar-refractivity contribution in [2.75, 3.05) is 0 Å². The molecule has 6 nitrogen and oxygen atoms in total. The highest BCUT2D eigenvalue weighted by molar-refractivity contribution is 5.29. The lowest BCUT2D eigenvalue weighted by atomic mass is 10.3. The SMILES string of the molecule is Cc1ccc(OCc2nncn2C)c(CN)n1. The lowest BCUT2D eigenvalue weighted by Crippen LogP contribution is -2.08. The molecular weight excluding hydrogens is 218 g/mol. The molecule has 17 heavy (non-hydrogen) atoms. The van der Waals surface area contributed by atoms with Crippen molar-refractivity contribution in [2.24, 2.45) is 12.8 Å². The van der Waals surface area contributed by atoms with Gasteiger partial charge in [0.05, 0.1) is 5.69 Å². The Hall–Kier alpha value is -1.95. The zero-order chi connectivity index (χ0) is 12.3. The molecule has 0 bridgehead atoms. The average molecular weight is 233 g/mol. The molecule has 2 aromatic rings. The molecule has 0 atom stereocenters. The Labute approximate surface area is 99.4 Å². The van der Waals surface area contributed by atoms with Crippen LogP contribution in [0, 0.1) is 6.92 Å². The molecule has 0 aliphatic carbocycles. The summed E-state index contributed by atoms with van der Waals surface area (Å²) in [5.74, 6) is 1.45. The second-order valence-electron chi connectivity index (χ2n) is 3.75. The van der Waals surface area contributed by atoms with Gasteiger partial charge in [0.1, 0.15) is 18.7 Å². The van der Waals surface area contributed by atoms with Gasteiger partial charge in [0.2, 0.25) is 0 Å². The predicted octanol–water partition coefficient (Wildman–Crippen LogP) is 0.556. The molecule has 2 N–H and O–H groups in total. The van der Waals surface area contributed by atoms with Crippen LogP contribution in [0.15, 0.2) is 18.5 Å². The Morgan fingerprint density at radius 1 is 1.41 bits per heavy atom. The molecule has 0 aliphatic heterocycles. The summed E-state index contributed by atoms with van der Waals surface area (Å²) >= 11 is 0. The van der Waals surface area contributed by atoms with E-state index in [0.29, 0.717) is 18.9 Å². The highest BCUT2D eigenvalue weighted by atomic mass is 16.5. The van der Waals surface area contributed by atoms with Crippen molar-refractivity contribution in [1.82, 2.24) is 19.7 Å². The van der Waals surface area contributed by atoms with Gasteiger partial charge in [-0.05, 0) is 19.1 Å². The summed E-state index contributed by atoms with van der Waals surface area (Å²) in [6.07, 6.45) is 1.63. The number of hydrogen-bond donors (Lipinski definition) is 1. The Balaban J connectivity index is 2.11. The van der Waals surface area contributed by atoms with Crippen LogP contribution in [0.5, 0.6) is 5.75 Å². The maximum Gasteiger partial charge on any atom is 0.170 e. The third-order valence-electron chi connectivity index (χ3n) is 2.43. The minimum atomic E-state index is 0.355. The number of nitrogens with two attached hydrogens (primary N) is 1. The van der Waals surface area contributed by atoms with Crippen LogP contribution in [-0.4, -0.2) is 19.7 Å². The summed E-state index contributed by atoms with van der Waals surface area (Å²) in [5, 5.41) is 7.72. The van der Waals surface area contributed by atoms with Crippen LogP contribution < -0.4 is 10.5 Å². The Morgan fingerprint density at radius 2 is 2.24 bits per heavy atom. The van der Waals surface area contributed by atoms with Gasteiger partial charge in [-0.3, -0.25) is 4.98 Å². The van der Waals surface area contributed by atoms with Crippen LogP contribution in [0.25, 0.3) is 0 Å². The van der Waals surface area contributed by atoms with Crippen molar-refractivity contribution in [3.8, 4) is 5.75 Å². The third kappa shape index (κ3) is 2.59. The number of aryl methyl sites for hydroxylation is 2. The van der Waals surface area contributed by atoms with E-state index in [1.807, 2.05) is 30.7 Å². The number of aromatic nitrogens is 4. The van der Waals surface area contributed by atoms with Crippen molar-refractivity contribution in [1.29, 1.82) is 0 Å². The number of pyridine rings is 1. The summed E-state index contributed by atoms with van der Waals surface area (Å²) in [4.78, 5) is 4.32. The van der Waals surface area contributed by atoms with Crippen molar-refractivity contribution < 1.29 is 4.74 Å². The number of ether oxygens (including phenoxy) is 1. The monoisotopic (exact) mass is 233 g/mol. The second-order valence-corrected chi connectivity index (χ2v) is 3.75. The normalized spacial score (nSPS) is 10.5. The number of nitrogens with zero attached hydrogens (tertiary/aromatic N) is 4. The molecule has 2 heterocycles. The fourth-order valence-corrected chi connectivity index (χ4v) is 1.46. The largest absolute Gasteiger partial charge is 0.484 e. The van der Waals surface area contributed by atoms with Crippen molar-refractivity contribution in [2.45, 2.75) is 20.1 Å². The summed E-state index contributed by atoms with van der Waals surface area (Å²) in [5.41, 5.74) is 7.31. The molecule has 0 aliphatic rings. The van der Waals surface area contributed by atoms with E-state index in [-0.39, 0.29) is 0 Å². The summed E-state index contributed by atoms with van der Waals surface area (Å²) in [6, 6.07) is 3.77. The predicted molar refractivity (Wildman–Crippen MR) is 62.2 cm³/mol. The Morgan fingerprint density at radius 3 is 2.88 bits per heavy atom. The van der Waals surface area contributed by atoms with Gasteiger partial charge in [-0.15, -0.1) is 10.2 Å². The highest BCUT2D eigenvalue weighted by Crippen LogP contribution is 2.17. The molecule has 0 amide bonds. The van der Waals surface area contributed by atoms with Crippen LogP contribution in [-0.2, 0) is 20.2 Å². The minimum Gasteiger partial charge on any atom is -0.484 e. The van der Waals surface area contributed by atoms with E-state index in [0.717, 1.165) is 17.2 Å². The molecule has 0 saturated heterocycles. The van der Waals surface area contributed by atoms with Crippen LogP contribution in [0.4, 0.5) is 0 Å². The van der Waals surface area contributed by atoms with E-state index in [4.69, 9.17) is 10.5 Å². The minimum absolute atomic E-state index is 0.355. The molecule has 2 aromatic heterocycles. The molecule has 0 aromatic carbocycles. The third-order valence-corrected chi connectivity index (χ3v) is 2.43. The molecule has 0 unspecified atom stereocenters. The first kappa shape index (κ1) is 11.5. The van der Waals surface area contributed by atoms with E-state index >= 15 is 0 Å². The Kier molecular flexibility index (Phi) is 3.34. The van der Waals surface area contributed by atoms with Crippen molar-refractivity contribution in [3.05, 3.63) is 35.7 Å². The zero-order valence-corrected chi connectivity index (χ0v) is 9.92. The molecule has 0 fully saturated rings. The number of rotatable bonds is 4. The zero-order valence-electron chi connectivity index (χ0n) is 9.92. The smallest absolute Gasteiger partial charge is 0.170 e. The lowest BCUT2D eigenvalue weighted by Gasteiger charge is -2.09. The van der Waals surface area contributed by atoms with Crippen molar-refractivity contribution >= 4 is 0 Å². The Bertz CT molecular complexity index is 508. The maximum atomic E-state index is 5.64. The van der Waals surface area contributed by atoms with Gasteiger partial charge in [0.15, 0.2) is 5.82 Å². The van der Waals surface area contributed by atoms with Crippen LogP contribution in [0.1, 0.15) is 17.2 Å². The number of hydrogen-bond acceptors (Lipinski definition) is 5. The van der Waals surface area contributed by atoms with Gasteiger partial charge >= 0.3 is 0 Å². The van der Waals surface area contributed by atoms with Gasteiger partial charge in [0.25, 0.3) is 0 Å². The molecule has 90 valence electrons. The fourth-order valence-electron chi connectivity index (χ4n) is 1.46. The lowest BCUT2D eigenvalue weighted by molar-refractivity contribution is 0.286. The van der Waals surface area contributed by atoms with Crippen LogP contribution in [0.3, 0.4) is 0 Å². The van der Waals surface area contributed by atoms with E-state index in [1.165, 1.54) is 0 Å². The van der Waals surface area contributed by atoms with Crippen LogP contribution in [0.2, 0.25) is 0 Å². The first-order chi connectivity index (χ1) is 8.20. The first-order valence-corrected chi connectivity index (χ1v) is 5.33. The summed E-state index contributed by atoms with van der Waals surface area (Å²) in [7, 11) is 1.87. The van der Waals surface area contributed by atoms with Crippen LogP contribution >= 0.6 is 0 Å². The molecule has 0 spiro atoms.